The molecule has 0 bridgehead atoms. The fourth-order valence-corrected chi connectivity index (χ4v) is 0.618. The minimum Gasteiger partial charge on any atom is -0.480 e. The molecule has 0 aromatic heterocycles. The van der Waals surface area contributed by atoms with Crippen molar-refractivity contribution in [3.63, 3.8) is 0 Å². The van der Waals surface area contributed by atoms with E-state index in [0.717, 1.165) is 0 Å². The number of carboxylic acid groups (broad SMARTS) is 1. The maximum Gasteiger partial charge on any atom is 0.329 e. The molecule has 0 aliphatic carbocycles. The lowest BCUT2D eigenvalue weighted by Gasteiger charge is -2.01. The minimum atomic E-state index is -1.11. The molecule has 0 heterocycles. The molecule has 0 saturated carbocycles. The average molecular weight is 158 g/mol. The highest BCUT2D eigenvalue weighted by Gasteiger charge is 2.14. The van der Waals surface area contributed by atoms with Gasteiger partial charge in [0.05, 0.1) is 0 Å². The van der Waals surface area contributed by atoms with Gasteiger partial charge in [0.25, 0.3) is 0 Å². The molecule has 0 radical (unpaired) electrons. The van der Waals surface area contributed by atoms with E-state index in [0.29, 0.717) is 19.4 Å². The van der Waals surface area contributed by atoms with Crippen LogP contribution in [0.1, 0.15) is 12.8 Å². The summed E-state index contributed by atoms with van der Waals surface area (Å²) in [4.78, 5) is 23.1. The van der Waals surface area contributed by atoms with Crippen molar-refractivity contribution in [1.82, 2.24) is 0 Å². The second-order valence-corrected chi connectivity index (χ2v) is 2.01. The highest BCUT2D eigenvalue weighted by Crippen LogP contribution is 1.99. The van der Waals surface area contributed by atoms with Crippen molar-refractivity contribution in [3.05, 3.63) is 0 Å². The topological polar surface area (TPSA) is 92.8 Å². The van der Waals surface area contributed by atoms with Crippen molar-refractivity contribution in [2.75, 3.05) is 6.54 Å². The number of aliphatic imine (C=N–C) groups is 1. The van der Waals surface area contributed by atoms with E-state index in [1.165, 1.54) is 6.08 Å². The van der Waals surface area contributed by atoms with Crippen LogP contribution in [0.4, 0.5) is 0 Å². The van der Waals surface area contributed by atoms with Crippen molar-refractivity contribution < 1.29 is 14.7 Å². The third-order valence-electron chi connectivity index (χ3n) is 1.18. The van der Waals surface area contributed by atoms with Crippen molar-refractivity contribution >= 4 is 12.0 Å². The molecule has 62 valence electrons. The van der Waals surface area contributed by atoms with Crippen molar-refractivity contribution in [1.29, 1.82) is 0 Å². The molecule has 0 aromatic rings. The Morgan fingerprint density at radius 1 is 1.73 bits per heavy atom. The number of carboxylic acids is 1. The highest BCUT2D eigenvalue weighted by atomic mass is 16.4. The number of nitrogens with zero attached hydrogens (tertiary/aromatic N) is 1. The Balaban J connectivity index is 3.89. The zero-order chi connectivity index (χ0) is 8.69. The molecular formula is C6H10N2O3. The summed E-state index contributed by atoms with van der Waals surface area (Å²) >= 11 is 0. The summed E-state index contributed by atoms with van der Waals surface area (Å²) in [5, 5.41) is 8.42. The normalized spacial score (nSPS) is 11.7. The Hall–Kier alpha value is -1.19. The average Bonchev–Trinajstić information content (AvgIpc) is 1.97. The third-order valence-corrected chi connectivity index (χ3v) is 1.18. The molecule has 0 aliphatic rings. The number of carbonyl (C=O) groups excluding carboxylic acids is 1. The van der Waals surface area contributed by atoms with Gasteiger partial charge in [0.15, 0.2) is 6.04 Å². The SMILES string of the molecule is NCCC[C@H](N=C=O)C(=O)O. The lowest BCUT2D eigenvalue weighted by Crippen LogP contribution is -2.18. The molecule has 5 nitrogen and oxygen atoms in total. The van der Waals surface area contributed by atoms with Crippen LogP contribution in [-0.2, 0) is 9.59 Å². The van der Waals surface area contributed by atoms with E-state index in [1.54, 1.807) is 0 Å². The first kappa shape index (κ1) is 9.81. The standard InChI is InChI=1S/C6H10N2O3/c7-3-1-2-5(6(10)11)8-4-9/h5H,1-3,7H2,(H,10,11)/t5-/m0/s1. The Kier molecular flexibility index (Phi) is 4.98. The molecule has 11 heavy (non-hydrogen) atoms. The Morgan fingerprint density at radius 2 is 2.36 bits per heavy atom. The highest BCUT2D eigenvalue weighted by molar-refractivity contribution is 5.74. The van der Waals surface area contributed by atoms with Gasteiger partial charge in [-0.15, -0.1) is 0 Å². The smallest absolute Gasteiger partial charge is 0.329 e. The van der Waals surface area contributed by atoms with Crippen LogP contribution in [0.25, 0.3) is 0 Å². The van der Waals surface area contributed by atoms with Gasteiger partial charge in [-0.25, -0.2) is 9.59 Å². The van der Waals surface area contributed by atoms with Crippen LogP contribution in [0.3, 0.4) is 0 Å². The van der Waals surface area contributed by atoms with Crippen LogP contribution in [0.2, 0.25) is 0 Å². The quantitative estimate of drug-likeness (QED) is 0.417. The van der Waals surface area contributed by atoms with Gasteiger partial charge in [0, 0.05) is 0 Å². The molecule has 0 aliphatic heterocycles. The number of rotatable bonds is 5. The first-order valence-electron chi connectivity index (χ1n) is 3.22. The lowest BCUT2D eigenvalue weighted by atomic mass is 10.2. The Morgan fingerprint density at radius 3 is 2.73 bits per heavy atom. The number of hydrogen-bond acceptors (Lipinski definition) is 4. The van der Waals surface area contributed by atoms with E-state index in [-0.39, 0.29) is 0 Å². The summed E-state index contributed by atoms with van der Waals surface area (Å²) in [6.07, 6.45) is 2.05. The molecule has 0 rings (SSSR count). The monoisotopic (exact) mass is 158 g/mol. The van der Waals surface area contributed by atoms with Crippen molar-refractivity contribution in [3.8, 4) is 0 Å². The summed E-state index contributed by atoms with van der Waals surface area (Å²) in [5.41, 5.74) is 5.14. The van der Waals surface area contributed by atoms with E-state index in [4.69, 9.17) is 10.8 Å². The fraction of sp³-hybridized carbons (Fsp3) is 0.667. The number of hydrogen-bond donors (Lipinski definition) is 2. The molecule has 1 atom stereocenters. The van der Waals surface area contributed by atoms with Crippen LogP contribution >= 0.6 is 0 Å². The molecule has 0 amide bonds. The number of aliphatic carboxylic acids is 1. The molecule has 0 aromatic carbocycles. The Bertz CT molecular complexity index is 173. The molecule has 5 heteroatoms. The molecule has 0 saturated heterocycles. The summed E-state index contributed by atoms with van der Waals surface area (Å²) in [5.74, 6) is -1.11. The predicted octanol–water partition coefficient (Wildman–Crippen LogP) is -0.486. The van der Waals surface area contributed by atoms with Gasteiger partial charge in [0.1, 0.15) is 0 Å². The van der Waals surface area contributed by atoms with Crippen LogP contribution in [0, 0.1) is 0 Å². The second kappa shape index (κ2) is 5.58. The molecule has 0 unspecified atom stereocenters. The van der Waals surface area contributed by atoms with Crippen LogP contribution in [0.5, 0.6) is 0 Å². The van der Waals surface area contributed by atoms with Gasteiger partial charge in [-0.2, -0.15) is 4.99 Å². The van der Waals surface area contributed by atoms with Crippen LogP contribution < -0.4 is 5.73 Å². The summed E-state index contributed by atoms with van der Waals surface area (Å²) in [7, 11) is 0. The molecular weight excluding hydrogens is 148 g/mol. The number of nitrogens with two attached hydrogens (primary N) is 1. The molecule has 3 N–H and O–H groups in total. The first-order valence-corrected chi connectivity index (χ1v) is 3.22. The van der Waals surface area contributed by atoms with E-state index in [1.807, 2.05) is 0 Å². The van der Waals surface area contributed by atoms with Gasteiger partial charge in [-0.05, 0) is 19.4 Å². The van der Waals surface area contributed by atoms with Gasteiger partial charge in [0.2, 0.25) is 6.08 Å². The van der Waals surface area contributed by atoms with Crippen LogP contribution in [0.15, 0.2) is 4.99 Å². The third kappa shape index (κ3) is 4.25. The van der Waals surface area contributed by atoms with Gasteiger partial charge in [-0.1, -0.05) is 0 Å². The van der Waals surface area contributed by atoms with Crippen LogP contribution in [-0.4, -0.2) is 29.7 Å². The number of carbonyl (C=O) groups is 1. The largest absolute Gasteiger partial charge is 0.480 e. The van der Waals surface area contributed by atoms with E-state index in [9.17, 15) is 9.59 Å². The van der Waals surface area contributed by atoms with E-state index < -0.39 is 12.0 Å². The Labute approximate surface area is 63.9 Å². The minimum absolute atomic E-state index is 0.293. The summed E-state index contributed by atoms with van der Waals surface area (Å²) in [6, 6.07) is -0.976. The maximum atomic E-state index is 10.3. The predicted molar refractivity (Wildman–Crippen MR) is 37.8 cm³/mol. The van der Waals surface area contributed by atoms with Gasteiger partial charge >= 0.3 is 5.97 Å². The van der Waals surface area contributed by atoms with Crippen molar-refractivity contribution in [2.45, 2.75) is 18.9 Å². The van der Waals surface area contributed by atoms with Gasteiger partial charge in [-0.3, -0.25) is 0 Å². The van der Waals surface area contributed by atoms with Crippen molar-refractivity contribution in [2.24, 2.45) is 10.7 Å². The van der Waals surface area contributed by atoms with E-state index in [2.05, 4.69) is 4.99 Å². The zero-order valence-corrected chi connectivity index (χ0v) is 5.99. The first-order chi connectivity index (χ1) is 5.22. The fourth-order valence-electron chi connectivity index (χ4n) is 0.618. The molecule has 0 fully saturated rings. The number of isocyanates is 1. The summed E-state index contributed by atoms with van der Waals surface area (Å²) < 4.78 is 0. The molecule has 0 spiro atoms. The lowest BCUT2D eigenvalue weighted by molar-refractivity contribution is -0.138. The van der Waals surface area contributed by atoms with E-state index >= 15 is 0 Å². The zero-order valence-electron chi connectivity index (χ0n) is 5.99. The second-order valence-electron chi connectivity index (χ2n) is 2.01. The van der Waals surface area contributed by atoms with Gasteiger partial charge < -0.3 is 10.8 Å². The summed E-state index contributed by atoms with van der Waals surface area (Å²) in [6.45, 7) is 0.401. The maximum absolute atomic E-state index is 10.3.